The van der Waals surface area contributed by atoms with Gasteiger partial charge in [0.2, 0.25) is 5.91 Å². The Morgan fingerprint density at radius 1 is 1.13 bits per heavy atom. The fraction of sp³-hybridized carbons (Fsp3) is 0.471. The van der Waals surface area contributed by atoms with E-state index in [2.05, 4.69) is 10.6 Å². The molecule has 0 fully saturated rings. The number of benzene rings is 1. The van der Waals surface area contributed by atoms with Gasteiger partial charge in [-0.3, -0.25) is 14.4 Å². The van der Waals surface area contributed by atoms with Crippen molar-refractivity contribution in [3.63, 3.8) is 0 Å². The van der Waals surface area contributed by atoms with Crippen molar-refractivity contribution in [3.8, 4) is 0 Å². The summed E-state index contributed by atoms with van der Waals surface area (Å²) in [6, 6.07) is 5.20. The maximum atomic E-state index is 12.0. The Morgan fingerprint density at radius 3 is 2.35 bits per heavy atom. The summed E-state index contributed by atoms with van der Waals surface area (Å²) < 4.78 is 0. The molecule has 0 radical (unpaired) electrons. The molecule has 0 bridgehead atoms. The van der Waals surface area contributed by atoms with Crippen LogP contribution in [0.25, 0.3) is 0 Å². The molecular weight excluding hydrogens is 296 g/mol. The number of hydrogen-bond donors (Lipinski definition) is 3. The van der Waals surface area contributed by atoms with Gasteiger partial charge in [0.05, 0.1) is 0 Å². The van der Waals surface area contributed by atoms with Gasteiger partial charge in [0.1, 0.15) is 0 Å². The first-order valence-corrected chi connectivity index (χ1v) is 7.72. The minimum absolute atomic E-state index is 0.0621. The largest absolute Gasteiger partial charge is 0.481 e. The lowest BCUT2D eigenvalue weighted by Crippen LogP contribution is -2.30. The normalized spacial score (nSPS) is 10.4. The molecule has 6 nitrogen and oxygen atoms in total. The summed E-state index contributed by atoms with van der Waals surface area (Å²) in [4.78, 5) is 34.2. The molecule has 0 aliphatic heterocycles. The zero-order valence-corrected chi connectivity index (χ0v) is 13.8. The molecule has 1 rings (SSSR count). The van der Waals surface area contributed by atoms with Gasteiger partial charge in [0, 0.05) is 30.1 Å². The van der Waals surface area contributed by atoms with Crippen LogP contribution in [0.1, 0.15) is 55.5 Å². The molecule has 1 aromatic rings. The molecule has 0 saturated carbocycles. The maximum Gasteiger partial charge on any atom is 0.303 e. The first-order valence-electron chi connectivity index (χ1n) is 7.72. The molecule has 0 aliphatic carbocycles. The van der Waals surface area contributed by atoms with Gasteiger partial charge in [-0.2, -0.15) is 0 Å². The van der Waals surface area contributed by atoms with Crippen molar-refractivity contribution in [2.45, 2.75) is 52.5 Å². The summed E-state index contributed by atoms with van der Waals surface area (Å²) in [5, 5.41) is 14.1. The SMILES string of the molecule is Cc1cc(NC(=O)CCCCC(=O)O)ccc1C(=O)NC(C)C. The highest BCUT2D eigenvalue weighted by molar-refractivity contribution is 5.97. The number of rotatable bonds is 8. The zero-order valence-electron chi connectivity index (χ0n) is 13.8. The van der Waals surface area contributed by atoms with E-state index in [1.54, 1.807) is 18.2 Å². The van der Waals surface area contributed by atoms with E-state index in [4.69, 9.17) is 5.11 Å². The van der Waals surface area contributed by atoms with Crippen LogP contribution in [0.2, 0.25) is 0 Å². The molecule has 23 heavy (non-hydrogen) atoms. The lowest BCUT2D eigenvalue weighted by atomic mass is 10.1. The Morgan fingerprint density at radius 2 is 1.78 bits per heavy atom. The molecular formula is C17H24N2O4. The highest BCUT2D eigenvalue weighted by Gasteiger charge is 2.11. The fourth-order valence-corrected chi connectivity index (χ4v) is 2.12. The zero-order chi connectivity index (χ0) is 17.4. The number of carbonyl (C=O) groups excluding carboxylic acids is 2. The molecule has 0 spiro atoms. The topological polar surface area (TPSA) is 95.5 Å². The molecule has 6 heteroatoms. The minimum atomic E-state index is -0.851. The Labute approximate surface area is 136 Å². The monoisotopic (exact) mass is 320 g/mol. The number of nitrogens with one attached hydrogen (secondary N) is 2. The van der Waals surface area contributed by atoms with Gasteiger partial charge in [-0.25, -0.2) is 0 Å². The van der Waals surface area contributed by atoms with Crippen LogP contribution >= 0.6 is 0 Å². The van der Waals surface area contributed by atoms with E-state index in [1.165, 1.54) is 0 Å². The number of carbonyl (C=O) groups is 3. The van der Waals surface area contributed by atoms with Crippen LogP contribution in [0.15, 0.2) is 18.2 Å². The number of unbranched alkanes of at least 4 members (excludes halogenated alkanes) is 1. The molecule has 0 aliphatic rings. The van der Waals surface area contributed by atoms with Crippen LogP contribution in [-0.4, -0.2) is 28.9 Å². The van der Waals surface area contributed by atoms with Gasteiger partial charge in [-0.1, -0.05) is 0 Å². The van der Waals surface area contributed by atoms with Crippen molar-refractivity contribution in [1.82, 2.24) is 5.32 Å². The summed E-state index contributed by atoms with van der Waals surface area (Å²) in [6.45, 7) is 5.61. The average molecular weight is 320 g/mol. The molecule has 126 valence electrons. The summed E-state index contributed by atoms with van der Waals surface area (Å²) in [6.07, 6.45) is 1.37. The van der Waals surface area contributed by atoms with E-state index in [9.17, 15) is 14.4 Å². The maximum absolute atomic E-state index is 12.0. The molecule has 0 saturated heterocycles. The van der Waals surface area contributed by atoms with E-state index in [0.717, 1.165) is 5.56 Å². The molecule has 0 aromatic heterocycles. The van der Waals surface area contributed by atoms with Crippen molar-refractivity contribution >= 4 is 23.5 Å². The van der Waals surface area contributed by atoms with E-state index in [1.807, 2.05) is 20.8 Å². The summed E-state index contributed by atoms with van der Waals surface area (Å²) in [5.74, 6) is -1.14. The van der Waals surface area contributed by atoms with E-state index in [-0.39, 0.29) is 30.7 Å². The standard InChI is InChI=1S/C17H24N2O4/c1-11(2)18-17(23)14-9-8-13(10-12(14)3)19-15(20)6-4-5-7-16(21)22/h8-11H,4-7H2,1-3H3,(H,18,23)(H,19,20)(H,21,22). The Bertz CT molecular complexity index is 582. The molecule has 2 amide bonds. The fourth-order valence-electron chi connectivity index (χ4n) is 2.12. The lowest BCUT2D eigenvalue weighted by Gasteiger charge is -2.12. The third kappa shape index (κ3) is 6.95. The number of aryl methyl sites for hydroxylation is 1. The number of carboxylic acid groups (broad SMARTS) is 1. The number of aliphatic carboxylic acids is 1. The Hall–Kier alpha value is -2.37. The van der Waals surface area contributed by atoms with E-state index >= 15 is 0 Å². The van der Waals surface area contributed by atoms with Gasteiger partial charge in [0.15, 0.2) is 0 Å². The third-order valence-corrected chi connectivity index (χ3v) is 3.22. The number of hydrogen-bond acceptors (Lipinski definition) is 3. The van der Waals surface area contributed by atoms with Crippen LogP contribution in [0, 0.1) is 6.92 Å². The van der Waals surface area contributed by atoms with Crippen molar-refractivity contribution in [2.75, 3.05) is 5.32 Å². The highest BCUT2D eigenvalue weighted by Crippen LogP contribution is 2.16. The van der Waals surface area contributed by atoms with Crippen LogP contribution in [0.4, 0.5) is 5.69 Å². The number of carboxylic acids is 1. The van der Waals surface area contributed by atoms with Gasteiger partial charge < -0.3 is 15.7 Å². The number of amides is 2. The second kappa shape index (κ2) is 8.92. The first-order chi connectivity index (χ1) is 10.8. The molecule has 0 unspecified atom stereocenters. The second-order valence-electron chi connectivity index (χ2n) is 5.81. The average Bonchev–Trinajstić information content (AvgIpc) is 2.42. The van der Waals surface area contributed by atoms with Gasteiger partial charge in [0.25, 0.3) is 5.91 Å². The van der Waals surface area contributed by atoms with Crippen LogP contribution < -0.4 is 10.6 Å². The molecule has 0 heterocycles. The predicted molar refractivity (Wildman–Crippen MR) is 88.5 cm³/mol. The highest BCUT2D eigenvalue weighted by atomic mass is 16.4. The molecule has 0 atom stereocenters. The third-order valence-electron chi connectivity index (χ3n) is 3.22. The molecule has 1 aromatic carbocycles. The minimum Gasteiger partial charge on any atom is -0.481 e. The van der Waals surface area contributed by atoms with Crippen LogP contribution in [0.5, 0.6) is 0 Å². The summed E-state index contributed by atoms with van der Waals surface area (Å²) in [5.41, 5.74) is 2.00. The predicted octanol–water partition coefficient (Wildman–Crippen LogP) is 2.72. The lowest BCUT2D eigenvalue weighted by molar-refractivity contribution is -0.137. The van der Waals surface area contributed by atoms with Crippen LogP contribution in [-0.2, 0) is 9.59 Å². The first kappa shape index (κ1) is 18.7. The number of anilines is 1. The smallest absolute Gasteiger partial charge is 0.303 e. The second-order valence-corrected chi connectivity index (χ2v) is 5.81. The van der Waals surface area contributed by atoms with E-state index < -0.39 is 5.97 Å². The van der Waals surface area contributed by atoms with Crippen molar-refractivity contribution < 1.29 is 19.5 Å². The van der Waals surface area contributed by atoms with Gasteiger partial charge in [-0.05, 0) is 57.4 Å². The van der Waals surface area contributed by atoms with Crippen molar-refractivity contribution in [2.24, 2.45) is 0 Å². The Kier molecular flexibility index (Phi) is 7.25. The van der Waals surface area contributed by atoms with E-state index in [0.29, 0.717) is 24.1 Å². The quantitative estimate of drug-likeness (QED) is 0.642. The van der Waals surface area contributed by atoms with Gasteiger partial charge in [-0.15, -0.1) is 0 Å². The summed E-state index contributed by atoms with van der Waals surface area (Å²) >= 11 is 0. The summed E-state index contributed by atoms with van der Waals surface area (Å²) in [7, 11) is 0. The van der Waals surface area contributed by atoms with Crippen molar-refractivity contribution in [1.29, 1.82) is 0 Å². The van der Waals surface area contributed by atoms with Crippen LogP contribution in [0.3, 0.4) is 0 Å². The Balaban J connectivity index is 2.55. The molecule has 3 N–H and O–H groups in total. The van der Waals surface area contributed by atoms with Gasteiger partial charge >= 0.3 is 5.97 Å². The van der Waals surface area contributed by atoms with Crippen molar-refractivity contribution in [3.05, 3.63) is 29.3 Å².